The van der Waals surface area contributed by atoms with E-state index in [-0.39, 0.29) is 11.2 Å². The Labute approximate surface area is 108 Å². The van der Waals surface area contributed by atoms with Gasteiger partial charge in [0.1, 0.15) is 0 Å². The first kappa shape index (κ1) is 12.9. The van der Waals surface area contributed by atoms with E-state index in [2.05, 4.69) is 4.98 Å². The molecule has 0 bridgehead atoms. The van der Waals surface area contributed by atoms with Gasteiger partial charge in [-0.05, 0) is 46.2 Å². The lowest BCUT2D eigenvalue weighted by Gasteiger charge is -2.32. The SMILES string of the molecule is Cc1cnc(B2OC(C)(C)C(C)(C)O2)c(Cl)c1. The first-order valence-corrected chi connectivity index (χ1v) is 6.08. The molecule has 0 saturated carbocycles. The number of aryl methyl sites for hydroxylation is 1. The minimum absolute atomic E-state index is 0.367. The zero-order valence-corrected chi connectivity index (χ0v) is 11.6. The van der Waals surface area contributed by atoms with Crippen LogP contribution in [0.2, 0.25) is 5.02 Å². The van der Waals surface area contributed by atoms with Crippen molar-refractivity contribution in [2.45, 2.75) is 45.8 Å². The van der Waals surface area contributed by atoms with Crippen LogP contribution in [0.3, 0.4) is 0 Å². The van der Waals surface area contributed by atoms with Crippen LogP contribution in [0.15, 0.2) is 12.3 Å². The van der Waals surface area contributed by atoms with Crippen molar-refractivity contribution in [1.82, 2.24) is 4.98 Å². The Balaban J connectivity index is 2.32. The van der Waals surface area contributed by atoms with Crippen LogP contribution < -0.4 is 5.59 Å². The van der Waals surface area contributed by atoms with E-state index in [0.29, 0.717) is 10.6 Å². The van der Waals surface area contributed by atoms with Gasteiger partial charge in [-0.2, -0.15) is 0 Å². The van der Waals surface area contributed by atoms with Crippen molar-refractivity contribution in [3.05, 3.63) is 22.8 Å². The van der Waals surface area contributed by atoms with Gasteiger partial charge in [0.2, 0.25) is 0 Å². The lowest BCUT2D eigenvalue weighted by Crippen LogP contribution is -2.41. The third-order valence-corrected chi connectivity index (χ3v) is 3.79. The predicted octanol–water partition coefficient (Wildman–Crippen LogP) is 2.34. The first-order chi connectivity index (χ1) is 7.73. The molecule has 2 heterocycles. The Hall–Kier alpha value is -0.575. The second-order valence-electron chi connectivity index (χ2n) is 5.47. The Kier molecular flexibility index (Phi) is 3.01. The van der Waals surface area contributed by atoms with Crippen LogP contribution in [-0.2, 0) is 9.31 Å². The standard InChI is InChI=1S/C12H17BClNO2/c1-8-6-9(14)10(15-7-8)13-16-11(2,3)12(4,5)17-13/h6-7H,1-5H3. The van der Waals surface area contributed by atoms with Gasteiger partial charge >= 0.3 is 7.12 Å². The van der Waals surface area contributed by atoms with E-state index in [1.807, 2.05) is 40.7 Å². The van der Waals surface area contributed by atoms with Crippen LogP contribution in [0.5, 0.6) is 0 Å². The molecule has 0 unspecified atom stereocenters. The minimum atomic E-state index is -0.493. The molecule has 1 aromatic heterocycles. The summed E-state index contributed by atoms with van der Waals surface area (Å²) in [5.41, 5.74) is 0.937. The molecular formula is C12H17BClNO2. The highest BCUT2D eigenvalue weighted by atomic mass is 35.5. The van der Waals surface area contributed by atoms with Crippen molar-refractivity contribution in [2.24, 2.45) is 0 Å². The minimum Gasteiger partial charge on any atom is -0.398 e. The third kappa shape index (κ3) is 2.22. The van der Waals surface area contributed by atoms with Gasteiger partial charge in [0.15, 0.2) is 0 Å². The van der Waals surface area contributed by atoms with E-state index >= 15 is 0 Å². The summed E-state index contributed by atoms with van der Waals surface area (Å²) in [4.78, 5) is 4.31. The maximum atomic E-state index is 6.17. The maximum Gasteiger partial charge on any atom is 0.516 e. The molecule has 0 amide bonds. The van der Waals surface area contributed by atoms with Crippen LogP contribution in [0.25, 0.3) is 0 Å². The van der Waals surface area contributed by atoms with Crippen LogP contribution in [0.1, 0.15) is 33.3 Å². The third-order valence-electron chi connectivity index (χ3n) is 3.48. The molecule has 1 saturated heterocycles. The van der Waals surface area contributed by atoms with Crippen LogP contribution >= 0.6 is 11.6 Å². The fraction of sp³-hybridized carbons (Fsp3) is 0.583. The topological polar surface area (TPSA) is 31.4 Å². The van der Waals surface area contributed by atoms with Crippen molar-refractivity contribution in [2.75, 3.05) is 0 Å². The van der Waals surface area contributed by atoms with Crippen molar-refractivity contribution in [1.29, 1.82) is 0 Å². The second-order valence-corrected chi connectivity index (χ2v) is 5.88. The molecule has 0 aromatic carbocycles. The number of hydrogen-bond acceptors (Lipinski definition) is 3. The zero-order valence-electron chi connectivity index (χ0n) is 10.9. The van der Waals surface area contributed by atoms with Crippen molar-refractivity contribution in [3.8, 4) is 0 Å². The lowest BCUT2D eigenvalue weighted by atomic mass is 9.84. The molecule has 2 rings (SSSR count). The molecule has 0 aliphatic carbocycles. The zero-order chi connectivity index (χ0) is 12.8. The number of hydrogen-bond donors (Lipinski definition) is 0. The molecule has 1 fully saturated rings. The average Bonchev–Trinajstić information content (AvgIpc) is 2.35. The van der Waals surface area contributed by atoms with E-state index < -0.39 is 7.12 Å². The van der Waals surface area contributed by atoms with Crippen LogP contribution in [0, 0.1) is 6.92 Å². The molecular weight excluding hydrogens is 236 g/mol. The monoisotopic (exact) mass is 253 g/mol. The summed E-state index contributed by atoms with van der Waals surface area (Å²) in [5, 5.41) is 0.587. The van der Waals surface area contributed by atoms with Crippen LogP contribution in [-0.4, -0.2) is 23.3 Å². The van der Waals surface area contributed by atoms with Gasteiger partial charge in [0.25, 0.3) is 0 Å². The number of pyridine rings is 1. The maximum absolute atomic E-state index is 6.17. The molecule has 1 aliphatic rings. The Bertz CT molecular complexity index is 432. The molecule has 0 N–H and O–H groups in total. The van der Waals surface area contributed by atoms with E-state index in [1.165, 1.54) is 0 Å². The van der Waals surface area contributed by atoms with Crippen molar-refractivity contribution >= 4 is 24.3 Å². The van der Waals surface area contributed by atoms with Gasteiger partial charge in [-0.25, -0.2) is 0 Å². The summed E-state index contributed by atoms with van der Waals surface area (Å²) in [7, 11) is -0.493. The largest absolute Gasteiger partial charge is 0.516 e. The first-order valence-electron chi connectivity index (χ1n) is 5.71. The fourth-order valence-electron chi connectivity index (χ4n) is 1.67. The van der Waals surface area contributed by atoms with E-state index in [0.717, 1.165) is 5.56 Å². The highest BCUT2D eigenvalue weighted by Crippen LogP contribution is 2.36. The molecule has 3 nitrogen and oxygen atoms in total. The fourth-order valence-corrected chi connectivity index (χ4v) is 1.98. The lowest BCUT2D eigenvalue weighted by molar-refractivity contribution is 0.00578. The summed E-state index contributed by atoms with van der Waals surface area (Å²) in [6.45, 7) is 9.99. The number of nitrogens with zero attached hydrogens (tertiary/aromatic N) is 1. The number of aromatic nitrogens is 1. The Morgan fingerprint density at radius 2 is 1.71 bits per heavy atom. The smallest absolute Gasteiger partial charge is 0.398 e. The summed E-state index contributed by atoms with van der Waals surface area (Å²) in [6.07, 6.45) is 1.77. The average molecular weight is 254 g/mol. The summed E-state index contributed by atoms with van der Waals surface area (Å²) >= 11 is 6.17. The summed E-state index contributed by atoms with van der Waals surface area (Å²) in [6, 6.07) is 1.87. The van der Waals surface area contributed by atoms with Gasteiger partial charge in [0, 0.05) is 6.20 Å². The van der Waals surface area contributed by atoms with Gasteiger partial charge in [-0.1, -0.05) is 11.6 Å². The summed E-state index contributed by atoms with van der Waals surface area (Å²) in [5.74, 6) is 0. The van der Waals surface area contributed by atoms with Gasteiger partial charge < -0.3 is 9.31 Å². The van der Waals surface area contributed by atoms with Gasteiger partial charge in [-0.3, -0.25) is 4.98 Å². The van der Waals surface area contributed by atoms with E-state index in [4.69, 9.17) is 20.9 Å². The Morgan fingerprint density at radius 1 is 1.18 bits per heavy atom. The molecule has 1 aliphatic heterocycles. The quantitative estimate of drug-likeness (QED) is 0.720. The Morgan fingerprint density at radius 3 is 2.18 bits per heavy atom. The van der Waals surface area contributed by atoms with E-state index in [9.17, 15) is 0 Å². The molecule has 0 atom stereocenters. The highest BCUT2D eigenvalue weighted by Gasteiger charge is 2.52. The van der Waals surface area contributed by atoms with E-state index in [1.54, 1.807) is 6.20 Å². The molecule has 0 spiro atoms. The van der Waals surface area contributed by atoms with Crippen LogP contribution in [0.4, 0.5) is 0 Å². The molecule has 1 aromatic rings. The predicted molar refractivity (Wildman–Crippen MR) is 69.7 cm³/mol. The normalized spacial score (nSPS) is 21.9. The summed E-state index contributed by atoms with van der Waals surface area (Å²) < 4.78 is 11.8. The van der Waals surface area contributed by atoms with Crippen molar-refractivity contribution < 1.29 is 9.31 Å². The van der Waals surface area contributed by atoms with Gasteiger partial charge in [-0.15, -0.1) is 0 Å². The highest BCUT2D eigenvalue weighted by molar-refractivity contribution is 6.64. The molecule has 92 valence electrons. The van der Waals surface area contributed by atoms with Gasteiger partial charge in [0.05, 0.1) is 21.8 Å². The second kappa shape index (κ2) is 3.97. The molecule has 0 radical (unpaired) electrons. The molecule has 5 heteroatoms. The van der Waals surface area contributed by atoms with Crippen molar-refractivity contribution in [3.63, 3.8) is 0 Å². The molecule has 17 heavy (non-hydrogen) atoms. The number of rotatable bonds is 1. The number of halogens is 1.